The van der Waals surface area contributed by atoms with Crippen molar-refractivity contribution in [3.8, 4) is 5.75 Å². The van der Waals surface area contributed by atoms with Crippen LogP contribution in [-0.4, -0.2) is 36.3 Å². The fraction of sp³-hybridized carbons (Fsp3) is 0.429. The van der Waals surface area contributed by atoms with Crippen molar-refractivity contribution in [3.63, 3.8) is 0 Å². The van der Waals surface area contributed by atoms with E-state index in [1.165, 1.54) is 12.1 Å². The van der Waals surface area contributed by atoms with Crippen molar-refractivity contribution in [2.24, 2.45) is 0 Å². The number of anilines is 1. The van der Waals surface area contributed by atoms with Gasteiger partial charge < -0.3 is 19.9 Å². The molecule has 1 unspecified atom stereocenters. The maximum absolute atomic E-state index is 12.0. The van der Waals surface area contributed by atoms with Gasteiger partial charge in [0.05, 0.1) is 5.02 Å². The van der Waals surface area contributed by atoms with Crippen LogP contribution >= 0.6 is 11.6 Å². The predicted molar refractivity (Wildman–Crippen MR) is 76.8 cm³/mol. The highest BCUT2D eigenvalue weighted by molar-refractivity contribution is 6.32. The molecule has 0 saturated carbocycles. The second-order valence-corrected chi connectivity index (χ2v) is 5.08. The van der Waals surface area contributed by atoms with Crippen LogP contribution in [0.15, 0.2) is 18.2 Å². The Morgan fingerprint density at radius 2 is 2.24 bits per heavy atom. The van der Waals surface area contributed by atoms with Gasteiger partial charge in [-0.3, -0.25) is 4.79 Å². The number of hydrogen-bond acceptors (Lipinski definition) is 4. The third-order valence-corrected chi connectivity index (χ3v) is 3.32. The zero-order valence-corrected chi connectivity index (χ0v) is 12.1. The largest absolute Gasteiger partial charge is 0.480 e. The van der Waals surface area contributed by atoms with Gasteiger partial charge in [0.25, 0.3) is 5.91 Å². The van der Waals surface area contributed by atoms with E-state index in [0.717, 1.165) is 12.8 Å². The molecule has 1 aliphatic rings. The number of carbonyl (C=O) groups excluding carboxylic acids is 1. The Labute approximate surface area is 127 Å². The van der Waals surface area contributed by atoms with Gasteiger partial charge in [0.2, 0.25) is 0 Å². The Kier molecular flexibility index (Phi) is 5.41. The summed E-state index contributed by atoms with van der Waals surface area (Å²) in [6.45, 7) is 0.127. The smallest absolute Gasteiger partial charge is 0.341 e. The van der Waals surface area contributed by atoms with Crippen LogP contribution in [0.1, 0.15) is 19.3 Å². The second-order valence-electron chi connectivity index (χ2n) is 4.67. The molecule has 6 nitrogen and oxygen atoms in total. The lowest BCUT2D eigenvalue weighted by Crippen LogP contribution is -2.33. The normalized spacial score (nSPS) is 18.0. The molecule has 1 amide bonds. The van der Waals surface area contributed by atoms with Crippen LogP contribution in [0.5, 0.6) is 5.75 Å². The molecule has 1 saturated heterocycles. The minimum atomic E-state index is -1.09. The highest BCUT2D eigenvalue weighted by atomic mass is 35.5. The van der Waals surface area contributed by atoms with E-state index in [2.05, 4.69) is 5.32 Å². The molecular weight excluding hydrogens is 298 g/mol. The van der Waals surface area contributed by atoms with Gasteiger partial charge in [-0.25, -0.2) is 4.79 Å². The monoisotopic (exact) mass is 313 g/mol. The van der Waals surface area contributed by atoms with Gasteiger partial charge >= 0.3 is 5.97 Å². The van der Waals surface area contributed by atoms with Gasteiger partial charge in [-0.1, -0.05) is 11.6 Å². The maximum atomic E-state index is 12.0. The van der Waals surface area contributed by atoms with Crippen molar-refractivity contribution >= 4 is 29.2 Å². The van der Waals surface area contributed by atoms with Crippen LogP contribution in [-0.2, 0) is 14.3 Å². The first-order chi connectivity index (χ1) is 10.1. The van der Waals surface area contributed by atoms with Crippen LogP contribution in [0.2, 0.25) is 5.02 Å². The molecular formula is C14H16ClNO5. The summed E-state index contributed by atoms with van der Waals surface area (Å²) in [5.41, 5.74) is 0.516. The van der Waals surface area contributed by atoms with Gasteiger partial charge in [0.1, 0.15) is 11.9 Å². The topological polar surface area (TPSA) is 84.9 Å². The quantitative estimate of drug-likeness (QED) is 0.871. The number of amides is 1. The van der Waals surface area contributed by atoms with E-state index >= 15 is 0 Å². The van der Waals surface area contributed by atoms with E-state index in [0.29, 0.717) is 18.7 Å². The van der Waals surface area contributed by atoms with E-state index in [1.54, 1.807) is 6.07 Å². The Hall–Kier alpha value is -1.79. The molecule has 0 radical (unpaired) electrons. The Balaban J connectivity index is 1.95. The zero-order valence-electron chi connectivity index (χ0n) is 11.3. The summed E-state index contributed by atoms with van der Waals surface area (Å²) in [6.07, 6.45) is 2.23. The maximum Gasteiger partial charge on any atom is 0.341 e. The average Bonchev–Trinajstić information content (AvgIpc) is 2.47. The number of rotatable bonds is 5. The van der Waals surface area contributed by atoms with Gasteiger partial charge in [-0.15, -0.1) is 0 Å². The van der Waals surface area contributed by atoms with E-state index < -0.39 is 18.7 Å². The summed E-state index contributed by atoms with van der Waals surface area (Å²) in [4.78, 5) is 22.4. The van der Waals surface area contributed by atoms with Crippen molar-refractivity contribution in [3.05, 3.63) is 23.2 Å². The molecule has 0 spiro atoms. The highest BCUT2D eigenvalue weighted by Gasteiger charge is 2.22. The van der Waals surface area contributed by atoms with Crippen molar-refractivity contribution in [1.82, 2.24) is 0 Å². The predicted octanol–water partition coefficient (Wildman–Crippen LogP) is 2.31. The van der Waals surface area contributed by atoms with E-state index in [-0.39, 0.29) is 16.7 Å². The first-order valence-electron chi connectivity index (χ1n) is 6.63. The molecule has 1 fully saturated rings. The molecule has 21 heavy (non-hydrogen) atoms. The molecule has 1 aromatic rings. The molecule has 0 bridgehead atoms. The molecule has 0 aromatic heterocycles. The minimum absolute atomic E-state index is 0.204. The third-order valence-electron chi connectivity index (χ3n) is 3.02. The summed E-state index contributed by atoms with van der Waals surface area (Å²) < 4.78 is 10.4. The van der Waals surface area contributed by atoms with Gasteiger partial charge in [0, 0.05) is 12.3 Å². The molecule has 2 N–H and O–H groups in total. The number of carbonyl (C=O) groups is 2. The molecule has 0 aliphatic carbocycles. The number of ether oxygens (including phenoxy) is 2. The minimum Gasteiger partial charge on any atom is -0.480 e. The van der Waals surface area contributed by atoms with Crippen molar-refractivity contribution in [1.29, 1.82) is 0 Å². The van der Waals surface area contributed by atoms with E-state index in [1.807, 2.05) is 0 Å². The van der Waals surface area contributed by atoms with Crippen LogP contribution in [0.4, 0.5) is 5.69 Å². The Morgan fingerprint density at radius 3 is 2.86 bits per heavy atom. The summed E-state index contributed by atoms with van der Waals surface area (Å²) in [5.74, 6) is -1.03. The van der Waals surface area contributed by atoms with Crippen molar-refractivity contribution in [2.45, 2.75) is 25.4 Å². The molecule has 7 heteroatoms. The van der Waals surface area contributed by atoms with Gasteiger partial charge in [-0.05, 0) is 37.5 Å². The lowest BCUT2D eigenvalue weighted by atomic mass is 10.1. The molecule has 2 rings (SSSR count). The fourth-order valence-corrected chi connectivity index (χ4v) is 2.24. The average molecular weight is 314 g/mol. The van der Waals surface area contributed by atoms with E-state index in [4.69, 9.17) is 26.2 Å². The summed E-state index contributed by atoms with van der Waals surface area (Å²) in [5, 5.41) is 11.5. The van der Waals surface area contributed by atoms with Crippen LogP contribution in [0, 0.1) is 0 Å². The Bertz CT molecular complexity index is 528. The van der Waals surface area contributed by atoms with Crippen molar-refractivity contribution < 1.29 is 24.2 Å². The number of carboxylic acid groups (broad SMARTS) is 1. The standard InChI is InChI=1S/C14H16ClNO5/c15-10-7-9(4-5-11(10)21-8-13(17)18)16-14(19)12-3-1-2-6-20-12/h4-5,7,12H,1-3,6,8H2,(H,16,19)(H,17,18). The summed E-state index contributed by atoms with van der Waals surface area (Å²) in [6, 6.07) is 4.63. The third kappa shape index (κ3) is 4.61. The van der Waals surface area contributed by atoms with E-state index in [9.17, 15) is 9.59 Å². The van der Waals surface area contributed by atoms with Crippen molar-refractivity contribution in [2.75, 3.05) is 18.5 Å². The van der Waals surface area contributed by atoms with Gasteiger partial charge in [-0.2, -0.15) is 0 Å². The number of hydrogen-bond donors (Lipinski definition) is 2. The molecule has 1 atom stereocenters. The summed E-state index contributed by atoms with van der Waals surface area (Å²) in [7, 11) is 0. The second kappa shape index (κ2) is 7.28. The molecule has 114 valence electrons. The van der Waals surface area contributed by atoms with Crippen LogP contribution in [0.25, 0.3) is 0 Å². The lowest BCUT2D eigenvalue weighted by molar-refractivity contribution is -0.139. The number of benzene rings is 1. The fourth-order valence-electron chi connectivity index (χ4n) is 2.01. The Morgan fingerprint density at radius 1 is 1.43 bits per heavy atom. The number of nitrogens with one attached hydrogen (secondary N) is 1. The summed E-state index contributed by atoms with van der Waals surface area (Å²) >= 11 is 5.98. The first kappa shape index (κ1) is 15.6. The number of carboxylic acids is 1. The zero-order chi connectivity index (χ0) is 15.2. The van der Waals surface area contributed by atoms with Gasteiger partial charge in [0.15, 0.2) is 6.61 Å². The van der Waals surface area contributed by atoms with Crippen LogP contribution in [0.3, 0.4) is 0 Å². The SMILES string of the molecule is O=C(O)COc1ccc(NC(=O)C2CCCCO2)cc1Cl. The molecule has 1 aliphatic heterocycles. The first-order valence-corrected chi connectivity index (χ1v) is 7.00. The number of halogens is 1. The number of aliphatic carboxylic acids is 1. The molecule has 1 heterocycles. The van der Waals surface area contributed by atoms with Crippen LogP contribution < -0.4 is 10.1 Å². The molecule has 1 aromatic carbocycles. The highest BCUT2D eigenvalue weighted by Crippen LogP contribution is 2.28. The lowest BCUT2D eigenvalue weighted by Gasteiger charge is -2.21.